The number of fused-ring (bicyclic) bond motifs is 6. The minimum atomic E-state index is -1.90. The van der Waals surface area contributed by atoms with Crippen molar-refractivity contribution in [2.75, 3.05) is 49.5 Å². The Bertz CT molecular complexity index is 2680. The zero-order valence-corrected chi connectivity index (χ0v) is 42.3. The van der Waals surface area contributed by atoms with Gasteiger partial charge in [-0.25, -0.2) is 18.4 Å². The van der Waals surface area contributed by atoms with Crippen molar-refractivity contribution in [1.29, 1.82) is 5.26 Å². The number of likely N-dealkylation sites (tertiary alicyclic amines) is 2. The molecule has 3 saturated heterocycles. The number of carbonyl (C=O) groups excluding carboxylic acids is 2. The molecule has 3 aromatic heterocycles. The molecule has 2 amide bonds. The molecule has 1 saturated carbocycles. The highest BCUT2D eigenvalue weighted by molar-refractivity contribution is 7.23. The van der Waals surface area contributed by atoms with Crippen molar-refractivity contribution in [3.63, 3.8) is 0 Å². The maximum absolute atomic E-state index is 18.1. The Balaban J connectivity index is 1.10. The molecule has 7 heterocycles. The lowest BCUT2D eigenvalue weighted by Gasteiger charge is -2.47. The summed E-state index contributed by atoms with van der Waals surface area (Å²) in [7, 11) is -1.90. The van der Waals surface area contributed by atoms with Crippen LogP contribution in [-0.4, -0.2) is 114 Å². The first-order valence-corrected chi connectivity index (χ1v) is 27.0. The summed E-state index contributed by atoms with van der Waals surface area (Å²) < 4.78 is 64.4. The van der Waals surface area contributed by atoms with Crippen LogP contribution in [0.4, 0.5) is 29.2 Å². The zero-order chi connectivity index (χ0) is 48.2. The molecule has 67 heavy (non-hydrogen) atoms. The van der Waals surface area contributed by atoms with Crippen LogP contribution in [0, 0.1) is 28.4 Å². The lowest BCUT2D eigenvalue weighted by atomic mass is 9.93. The summed E-state index contributed by atoms with van der Waals surface area (Å²) in [5, 5.41) is 13.8. The number of nitrogens with zero attached hydrogens (tertiary/aromatic N) is 7. The summed E-state index contributed by atoms with van der Waals surface area (Å²) in [6.45, 7) is 25.8. The molecule has 5 aliphatic rings. The average molecular weight is 961 g/mol. The van der Waals surface area contributed by atoms with E-state index in [1.807, 2.05) is 20.8 Å². The molecule has 9 rings (SSSR count). The summed E-state index contributed by atoms with van der Waals surface area (Å²) in [4.78, 5) is 47.1. The van der Waals surface area contributed by atoms with Gasteiger partial charge in [0.25, 0.3) is 0 Å². The largest absolute Gasteiger partial charge is 0.463 e. The number of benzene rings is 1. The third-order valence-corrected chi connectivity index (χ3v) is 19.6. The number of hydrogen-bond acceptors (Lipinski definition) is 14. The van der Waals surface area contributed by atoms with Gasteiger partial charge in [0.05, 0.1) is 53.5 Å². The Labute approximate surface area is 395 Å². The van der Waals surface area contributed by atoms with Gasteiger partial charge in [0.15, 0.2) is 20.0 Å². The number of amides is 2. The van der Waals surface area contributed by atoms with Crippen LogP contribution in [0.3, 0.4) is 0 Å². The Morgan fingerprint density at radius 3 is 2.22 bits per heavy atom. The highest BCUT2D eigenvalue weighted by Crippen LogP contribution is 2.51. The van der Waals surface area contributed by atoms with Crippen LogP contribution in [0.15, 0.2) is 6.20 Å². The maximum Gasteiger partial charge on any atom is 0.412 e. The second-order valence-corrected chi connectivity index (χ2v) is 28.3. The molecule has 0 radical (unpaired) electrons. The van der Waals surface area contributed by atoms with Crippen molar-refractivity contribution in [3.8, 4) is 23.3 Å². The van der Waals surface area contributed by atoms with Crippen molar-refractivity contribution in [2.45, 2.75) is 149 Å². The Morgan fingerprint density at radius 1 is 0.955 bits per heavy atom. The molecular weight excluding hydrogens is 899 g/mol. The first-order chi connectivity index (χ1) is 31.3. The number of halogens is 2. The van der Waals surface area contributed by atoms with Crippen LogP contribution in [-0.2, 0) is 31.9 Å². The summed E-state index contributed by atoms with van der Waals surface area (Å²) in [6.07, 6.45) is 3.48. The maximum atomic E-state index is 18.1. The number of carbonyl (C=O) groups is 2. The molecule has 1 N–H and O–H groups in total. The number of aromatic nitrogens is 3. The van der Waals surface area contributed by atoms with E-state index in [9.17, 15) is 14.9 Å². The number of ether oxygens (including phenoxy) is 4. The van der Waals surface area contributed by atoms with Crippen LogP contribution in [0.1, 0.15) is 105 Å². The van der Waals surface area contributed by atoms with E-state index in [2.05, 4.69) is 60.0 Å². The SMILES string of the molecule is CC(C)(C)OC(=O)Nc1sc2c(F)cnc(-c3c4c(c5c(N6C7CCC6CN(C(=O)OC(C)(C)C)C7)nc(OCC6(CN7CC(O[Si](C)(C)C(C)(C)C)C7)CC6)nc5c3F)COC4)c2c1C#N. The van der Waals surface area contributed by atoms with E-state index in [1.54, 1.807) is 25.7 Å². The van der Waals surface area contributed by atoms with E-state index in [-0.39, 0.29) is 91.4 Å². The predicted molar refractivity (Wildman–Crippen MR) is 254 cm³/mol. The number of nitrogens with one attached hydrogen (secondary N) is 1. The number of piperazine rings is 1. The molecular formula is C48H62F2N8O7SSi. The quantitative estimate of drug-likeness (QED) is 0.150. The number of pyridine rings is 1. The van der Waals surface area contributed by atoms with E-state index in [0.29, 0.717) is 42.0 Å². The van der Waals surface area contributed by atoms with E-state index in [0.717, 1.165) is 62.9 Å². The molecule has 15 nitrogen and oxygen atoms in total. The molecule has 1 aromatic carbocycles. The molecule has 19 heteroatoms. The van der Waals surface area contributed by atoms with Crippen molar-refractivity contribution in [3.05, 3.63) is 34.5 Å². The number of nitriles is 1. The van der Waals surface area contributed by atoms with E-state index in [1.165, 1.54) is 0 Å². The Hall–Kier alpha value is -4.74. The first kappa shape index (κ1) is 47.3. The molecule has 2 atom stereocenters. The van der Waals surface area contributed by atoms with Gasteiger partial charge < -0.3 is 33.2 Å². The monoisotopic (exact) mass is 960 g/mol. The Morgan fingerprint density at radius 2 is 1.61 bits per heavy atom. The fourth-order valence-electron chi connectivity index (χ4n) is 9.60. The smallest absolute Gasteiger partial charge is 0.412 e. The predicted octanol–water partition coefficient (Wildman–Crippen LogP) is 9.89. The van der Waals surface area contributed by atoms with E-state index in [4.69, 9.17) is 33.3 Å². The minimum absolute atomic E-state index is 0.00485. The summed E-state index contributed by atoms with van der Waals surface area (Å²) in [5.74, 6) is -0.992. The highest BCUT2D eigenvalue weighted by Gasteiger charge is 2.50. The highest BCUT2D eigenvalue weighted by atomic mass is 32.1. The van der Waals surface area contributed by atoms with Gasteiger partial charge in [0, 0.05) is 61.2 Å². The Kier molecular flexibility index (Phi) is 11.8. The third kappa shape index (κ3) is 9.16. The van der Waals surface area contributed by atoms with Gasteiger partial charge >= 0.3 is 18.2 Å². The van der Waals surface area contributed by atoms with E-state index < -0.39 is 37.2 Å². The molecule has 4 fully saturated rings. The van der Waals surface area contributed by atoms with Gasteiger partial charge in [0.1, 0.15) is 33.6 Å². The van der Waals surface area contributed by atoms with Gasteiger partial charge in [0.2, 0.25) is 0 Å². The van der Waals surface area contributed by atoms with Crippen LogP contribution in [0.2, 0.25) is 18.1 Å². The van der Waals surface area contributed by atoms with Crippen LogP contribution < -0.4 is 15.0 Å². The minimum Gasteiger partial charge on any atom is -0.463 e. The van der Waals surface area contributed by atoms with Crippen molar-refractivity contribution >= 4 is 63.6 Å². The van der Waals surface area contributed by atoms with Gasteiger partial charge in [-0.1, -0.05) is 20.8 Å². The van der Waals surface area contributed by atoms with Crippen LogP contribution >= 0.6 is 11.3 Å². The van der Waals surface area contributed by atoms with Gasteiger partial charge in [-0.15, -0.1) is 11.3 Å². The molecule has 4 aliphatic heterocycles. The summed E-state index contributed by atoms with van der Waals surface area (Å²) in [6, 6.07) is 1.82. The summed E-state index contributed by atoms with van der Waals surface area (Å²) >= 11 is 0.844. The molecule has 1 aliphatic carbocycles. The van der Waals surface area contributed by atoms with Crippen molar-refractivity contribution in [2.24, 2.45) is 5.41 Å². The zero-order valence-electron chi connectivity index (χ0n) is 40.4. The standard InChI is InChI=1S/C48H62F2N8O7SSi/c1-45(2,3)63-43(59)55-41-29(16-51)34-37(52-17-32(49)39(34)66-41)33-30-22-61-23-31(30)35-38(36(33)50)53-42(54-40(35)58-26-12-13-27(58)19-57(18-26)44(60)64-46(4,5)6)62-25-48(14-15-48)24-56-20-28(21-56)65-67(10,11)47(7,8)9/h17,26-28H,12-15,18-25H2,1-11H3,(H,55,59). The lowest BCUT2D eigenvalue weighted by Crippen LogP contribution is -2.58. The molecule has 360 valence electrons. The second-order valence-electron chi connectivity index (χ2n) is 22.6. The average Bonchev–Trinajstić information content (AvgIpc) is 3.48. The van der Waals surface area contributed by atoms with Crippen LogP contribution in [0.25, 0.3) is 32.2 Å². The molecule has 2 unspecified atom stereocenters. The molecule has 4 aromatic rings. The first-order valence-electron chi connectivity index (χ1n) is 23.3. The second kappa shape index (κ2) is 16.7. The normalized spacial score (nSPS) is 20.8. The third-order valence-electron chi connectivity index (χ3n) is 14.0. The summed E-state index contributed by atoms with van der Waals surface area (Å²) in [5.41, 5.74) is -0.572. The molecule has 0 spiro atoms. The van der Waals surface area contributed by atoms with Crippen molar-refractivity contribution < 1.29 is 41.7 Å². The molecule has 2 bridgehead atoms. The fourth-order valence-corrected chi connectivity index (χ4v) is 12.0. The van der Waals surface area contributed by atoms with Crippen molar-refractivity contribution in [1.82, 2.24) is 24.8 Å². The lowest BCUT2D eigenvalue weighted by molar-refractivity contribution is -0.00652. The number of anilines is 2. The van der Waals surface area contributed by atoms with Gasteiger partial charge in [-0.3, -0.25) is 15.2 Å². The topological polar surface area (TPSA) is 164 Å². The van der Waals surface area contributed by atoms with Gasteiger partial charge in [-0.05, 0) is 96.5 Å². The fraction of sp³-hybridized carbons (Fsp3) is 0.625. The number of rotatable bonds is 10. The van der Waals surface area contributed by atoms with Gasteiger partial charge in [-0.2, -0.15) is 15.2 Å². The van der Waals surface area contributed by atoms with Crippen LogP contribution in [0.5, 0.6) is 6.01 Å². The number of thiophene rings is 1. The number of hydrogen-bond donors (Lipinski definition) is 1. The van der Waals surface area contributed by atoms with E-state index >= 15 is 8.78 Å².